The van der Waals surface area contributed by atoms with Gasteiger partial charge in [-0.2, -0.15) is 0 Å². The van der Waals surface area contributed by atoms with Crippen LogP contribution >= 0.6 is 11.6 Å². The van der Waals surface area contributed by atoms with Crippen LogP contribution in [0.4, 0.5) is 0 Å². The van der Waals surface area contributed by atoms with Crippen molar-refractivity contribution in [3.05, 3.63) is 29.3 Å². The molecule has 1 rings (SSSR count). The van der Waals surface area contributed by atoms with Gasteiger partial charge in [-0.05, 0) is 37.1 Å². The number of amides is 1. The van der Waals surface area contributed by atoms with E-state index in [1.54, 1.807) is 13.8 Å². The maximum absolute atomic E-state index is 12.2. The topological polar surface area (TPSA) is 101 Å². The van der Waals surface area contributed by atoms with Gasteiger partial charge in [0.25, 0.3) is 0 Å². The molecule has 8 heteroatoms. The summed E-state index contributed by atoms with van der Waals surface area (Å²) >= 11 is 5.71. The van der Waals surface area contributed by atoms with E-state index in [1.807, 2.05) is 0 Å². The number of nitrogens with one attached hydrogen (secondary N) is 1. The second-order valence-corrected chi connectivity index (χ2v) is 7.75. The molecule has 0 unspecified atom stereocenters. The Kier molecular flexibility index (Phi) is 6.58. The molecule has 0 aliphatic carbocycles. The summed E-state index contributed by atoms with van der Waals surface area (Å²) in [7, 11) is -3.81. The molecule has 0 fully saturated rings. The summed E-state index contributed by atoms with van der Waals surface area (Å²) in [6, 6.07) is 5.52. The minimum Gasteiger partial charge on any atom is -0.481 e. The molecule has 1 aromatic rings. The summed E-state index contributed by atoms with van der Waals surface area (Å²) in [4.78, 5) is 23.1. The van der Waals surface area contributed by atoms with Crippen molar-refractivity contribution < 1.29 is 23.1 Å². The standard InChI is InChI=1S/C15H20ClNO5S/c1-3-15(4-2,9-14(19)20)17-13(18)10-23(21,22)12-7-5-11(16)6-8-12/h5-8H,3-4,9-10H2,1-2H3,(H,17,18)(H,19,20). The second-order valence-electron chi connectivity index (χ2n) is 5.32. The first-order valence-electron chi connectivity index (χ1n) is 7.15. The number of carbonyl (C=O) groups is 2. The molecular formula is C15H20ClNO5S. The third-order valence-corrected chi connectivity index (χ3v) is 5.63. The Morgan fingerprint density at radius 2 is 1.70 bits per heavy atom. The number of carboxylic acids is 1. The quantitative estimate of drug-likeness (QED) is 0.739. The zero-order valence-electron chi connectivity index (χ0n) is 13.0. The summed E-state index contributed by atoms with van der Waals surface area (Å²) in [6.45, 7) is 3.50. The Morgan fingerprint density at radius 3 is 2.13 bits per heavy atom. The number of sulfone groups is 1. The number of hydrogen-bond acceptors (Lipinski definition) is 4. The van der Waals surface area contributed by atoms with Crippen molar-refractivity contribution in [2.24, 2.45) is 0 Å². The number of aliphatic carboxylic acids is 1. The number of carboxylic acid groups (broad SMARTS) is 1. The van der Waals surface area contributed by atoms with Gasteiger partial charge >= 0.3 is 5.97 Å². The minimum atomic E-state index is -3.81. The average Bonchev–Trinajstić information content (AvgIpc) is 2.45. The van der Waals surface area contributed by atoms with Crippen LogP contribution in [0.1, 0.15) is 33.1 Å². The van der Waals surface area contributed by atoms with Crippen molar-refractivity contribution in [1.82, 2.24) is 5.32 Å². The highest BCUT2D eigenvalue weighted by Gasteiger charge is 2.32. The highest BCUT2D eigenvalue weighted by Crippen LogP contribution is 2.21. The SMILES string of the molecule is CCC(CC)(CC(=O)O)NC(=O)CS(=O)(=O)c1ccc(Cl)cc1. The molecule has 1 aromatic carbocycles. The van der Waals surface area contributed by atoms with Gasteiger partial charge in [0.1, 0.15) is 5.75 Å². The fourth-order valence-electron chi connectivity index (χ4n) is 2.24. The van der Waals surface area contributed by atoms with Gasteiger partial charge < -0.3 is 10.4 Å². The molecule has 0 saturated heterocycles. The predicted octanol–water partition coefficient (Wildman–Crippen LogP) is 2.26. The van der Waals surface area contributed by atoms with Crippen LogP contribution in [0.3, 0.4) is 0 Å². The number of benzene rings is 1. The first-order valence-corrected chi connectivity index (χ1v) is 9.18. The van der Waals surface area contributed by atoms with Crippen molar-refractivity contribution in [3.8, 4) is 0 Å². The summed E-state index contributed by atoms with van der Waals surface area (Å²) in [5.74, 6) is -2.50. The van der Waals surface area contributed by atoms with Gasteiger partial charge in [0.05, 0.1) is 11.3 Å². The van der Waals surface area contributed by atoms with Crippen molar-refractivity contribution in [2.45, 2.75) is 43.5 Å². The van der Waals surface area contributed by atoms with Crippen LogP contribution in [-0.2, 0) is 19.4 Å². The Labute approximate surface area is 140 Å². The van der Waals surface area contributed by atoms with Gasteiger partial charge in [0.2, 0.25) is 5.91 Å². The second kappa shape index (κ2) is 7.79. The monoisotopic (exact) mass is 361 g/mol. The summed E-state index contributed by atoms with van der Waals surface area (Å²) in [5.41, 5.74) is -0.946. The van der Waals surface area contributed by atoms with Crippen LogP contribution in [0.25, 0.3) is 0 Å². The average molecular weight is 362 g/mol. The van der Waals surface area contributed by atoms with Crippen molar-refractivity contribution in [1.29, 1.82) is 0 Å². The lowest BCUT2D eigenvalue weighted by Crippen LogP contribution is -2.50. The van der Waals surface area contributed by atoms with Gasteiger partial charge in [-0.1, -0.05) is 25.4 Å². The summed E-state index contributed by atoms with van der Waals surface area (Å²) < 4.78 is 24.4. The highest BCUT2D eigenvalue weighted by atomic mass is 35.5. The van der Waals surface area contributed by atoms with E-state index < -0.39 is 33.0 Å². The van der Waals surface area contributed by atoms with E-state index >= 15 is 0 Å². The Balaban J connectivity index is 2.89. The van der Waals surface area contributed by atoms with Crippen LogP contribution in [0.2, 0.25) is 5.02 Å². The molecule has 0 saturated carbocycles. The predicted molar refractivity (Wildman–Crippen MR) is 87.2 cm³/mol. The maximum atomic E-state index is 12.2. The van der Waals surface area contributed by atoms with Crippen molar-refractivity contribution >= 4 is 33.3 Å². The first kappa shape index (κ1) is 19.4. The van der Waals surface area contributed by atoms with E-state index in [1.165, 1.54) is 24.3 Å². The Morgan fingerprint density at radius 1 is 1.17 bits per heavy atom. The molecule has 23 heavy (non-hydrogen) atoms. The van der Waals surface area contributed by atoms with E-state index in [0.717, 1.165) is 0 Å². The summed E-state index contributed by atoms with van der Waals surface area (Å²) in [5, 5.41) is 11.9. The molecule has 2 N–H and O–H groups in total. The highest BCUT2D eigenvalue weighted by molar-refractivity contribution is 7.92. The van der Waals surface area contributed by atoms with Crippen LogP contribution in [0.15, 0.2) is 29.2 Å². The van der Waals surface area contributed by atoms with Crippen LogP contribution in [0.5, 0.6) is 0 Å². The number of rotatable bonds is 8. The molecule has 0 heterocycles. The molecule has 128 valence electrons. The summed E-state index contributed by atoms with van der Waals surface area (Å²) in [6.07, 6.45) is 0.526. The molecule has 0 radical (unpaired) electrons. The van der Waals surface area contributed by atoms with Gasteiger partial charge in [-0.25, -0.2) is 8.42 Å². The number of halogens is 1. The van der Waals surface area contributed by atoms with E-state index in [-0.39, 0.29) is 11.3 Å². The zero-order valence-corrected chi connectivity index (χ0v) is 14.6. The molecule has 0 atom stereocenters. The molecule has 0 spiro atoms. The van der Waals surface area contributed by atoms with Gasteiger partial charge in [0.15, 0.2) is 9.84 Å². The zero-order chi connectivity index (χ0) is 17.7. The largest absolute Gasteiger partial charge is 0.481 e. The van der Waals surface area contributed by atoms with Crippen LogP contribution in [0, 0.1) is 0 Å². The fourth-order valence-corrected chi connectivity index (χ4v) is 3.50. The maximum Gasteiger partial charge on any atom is 0.305 e. The van der Waals surface area contributed by atoms with E-state index in [0.29, 0.717) is 17.9 Å². The molecule has 0 aliphatic rings. The van der Waals surface area contributed by atoms with E-state index in [4.69, 9.17) is 16.7 Å². The molecule has 0 aliphatic heterocycles. The van der Waals surface area contributed by atoms with Crippen LogP contribution in [-0.4, -0.2) is 36.7 Å². The smallest absolute Gasteiger partial charge is 0.305 e. The lowest BCUT2D eigenvalue weighted by atomic mass is 9.89. The van der Waals surface area contributed by atoms with Crippen molar-refractivity contribution in [2.75, 3.05) is 5.75 Å². The van der Waals surface area contributed by atoms with E-state index in [2.05, 4.69) is 5.32 Å². The molecule has 0 bridgehead atoms. The van der Waals surface area contributed by atoms with E-state index in [9.17, 15) is 18.0 Å². The molecular weight excluding hydrogens is 342 g/mol. The van der Waals surface area contributed by atoms with Gasteiger partial charge in [-0.15, -0.1) is 0 Å². The third-order valence-electron chi connectivity index (χ3n) is 3.74. The third kappa shape index (κ3) is 5.51. The van der Waals surface area contributed by atoms with Gasteiger partial charge in [-0.3, -0.25) is 9.59 Å². The Hall–Kier alpha value is -1.60. The number of carbonyl (C=O) groups excluding carboxylic acids is 1. The lowest BCUT2D eigenvalue weighted by Gasteiger charge is -2.31. The van der Waals surface area contributed by atoms with Crippen molar-refractivity contribution in [3.63, 3.8) is 0 Å². The lowest BCUT2D eigenvalue weighted by molar-refractivity contribution is -0.139. The molecule has 1 amide bonds. The Bertz CT molecular complexity index is 666. The fraction of sp³-hybridized carbons (Fsp3) is 0.467. The first-order chi connectivity index (χ1) is 10.6. The minimum absolute atomic E-state index is 0.00567. The normalized spacial score (nSPS) is 12.0. The molecule has 0 aromatic heterocycles. The van der Waals surface area contributed by atoms with Gasteiger partial charge in [0, 0.05) is 10.6 Å². The van der Waals surface area contributed by atoms with Crippen LogP contribution < -0.4 is 5.32 Å². The number of hydrogen-bond donors (Lipinski definition) is 2. The molecule has 6 nitrogen and oxygen atoms in total.